The van der Waals surface area contributed by atoms with Crippen LogP contribution >= 0.6 is 45.8 Å². The molecule has 13 heteroatoms. The van der Waals surface area contributed by atoms with Gasteiger partial charge in [0.25, 0.3) is 5.91 Å². The third-order valence-electron chi connectivity index (χ3n) is 7.03. The number of allylic oxidation sites excluding steroid dienone is 2. The number of nitrogens with one attached hydrogen (secondary N) is 2. The van der Waals surface area contributed by atoms with Gasteiger partial charge >= 0.3 is 11.8 Å². The van der Waals surface area contributed by atoms with E-state index in [1.165, 1.54) is 19.2 Å². The Labute approximate surface area is 257 Å². The topological polar surface area (TPSA) is 82.1 Å². The van der Waals surface area contributed by atoms with Crippen molar-refractivity contribution in [2.45, 2.75) is 37.3 Å². The van der Waals surface area contributed by atoms with Gasteiger partial charge in [-0.1, -0.05) is 29.3 Å². The molecule has 1 saturated heterocycles. The van der Waals surface area contributed by atoms with Gasteiger partial charge in [-0.3, -0.25) is 9.69 Å². The molecule has 2 N–H and O–H groups in total. The maximum Gasteiger partial charge on any atom is 0.442 e. The summed E-state index contributed by atoms with van der Waals surface area (Å²) in [6.45, 7) is 1.87. The lowest BCUT2D eigenvalue weighted by Gasteiger charge is -2.32. The van der Waals surface area contributed by atoms with E-state index in [2.05, 4.69) is 25.4 Å². The molecule has 2 aromatic carbocycles. The van der Waals surface area contributed by atoms with Crippen molar-refractivity contribution >= 4 is 68.7 Å². The maximum atomic E-state index is 13.5. The first-order valence-corrected chi connectivity index (χ1v) is 14.5. The Hall–Kier alpha value is -2.61. The van der Waals surface area contributed by atoms with Crippen LogP contribution in [0.1, 0.15) is 29.7 Å². The molecule has 2 aliphatic rings. The van der Waals surface area contributed by atoms with Gasteiger partial charge in [-0.15, -0.1) is 10.2 Å². The van der Waals surface area contributed by atoms with Crippen LogP contribution in [0.5, 0.6) is 0 Å². The summed E-state index contributed by atoms with van der Waals surface area (Å²) in [4.78, 5) is 18.2. The van der Waals surface area contributed by atoms with E-state index < -0.39 is 11.8 Å². The molecule has 1 fully saturated rings. The number of halogens is 6. The molecular formula is C28H25Cl2F3IN5O2. The second kappa shape index (κ2) is 11.9. The molecule has 7 nitrogen and oxygen atoms in total. The summed E-state index contributed by atoms with van der Waals surface area (Å²) in [7, 11) is 1.44. The van der Waals surface area contributed by atoms with Gasteiger partial charge in [0.1, 0.15) is 0 Å². The van der Waals surface area contributed by atoms with Crippen LogP contribution in [-0.2, 0) is 21.7 Å². The van der Waals surface area contributed by atoms with E-state index in [1.54, 1.807) is 24.3 Å². The summed E-state index contributed by atoms with van der Waals surface area (Å²) in [5.74, 6) is -0.144. The molecule has 3 heterocycles. The van der Waals surface area contributed by atoms with Crippen LogP contribution in [0.25, 0.3) is 17.0 Å². The summed E-state index contributed by atoms with van der Waals surface area (Å²) in [6, 6.07) is 10.3. The predicted octanol–water partition coefficient (Wildman–Crippen LogP) is 7.58. The number of fused-ring (bicyclic) bond motifs is 1. The Balaban J connectivity index is 1.14. The van der Waals surface area contributed by atoms with Crippen molar-refractivity contribution in [3.05, 3.63) is 84.7 Å². The number of nitrogens with zero attached hydrogens (tertiary/aromatic N) is 3. The van der Waals surface area contributed by atoms with Crippen molar-refractivity contribution in [3.8, 4) is 0 Å². The van der Waals surface area contributed by atoms with Crippen molar-refractivity contribution in [2.75, 3.05) is 20.2 Å². The third-order valence-corrected chi connectivity index (χ3v) is 8.38. The van der Waals surface area contributed by atoms with Crippen LogP contribution in [0.15, 0.2) is 64.5 Å². The van der Waals surface area contributed by atoms with Crippen molar-refractivity contribution in [3.63, 3.8) is 0 Å². The standard InChI is InChI=1S/C28H25Cl2F3IN5O2/c1-41-25(4-2-3-21-11-17-12-22(29)23(30)14-24(17)35-21)26(40)36-20-5-7-39(8-6-20)15-16-9-18(13-19(34)10-16)27(37-38-27)28(31,32)33/h2-4,9-14,20,35H,5-8,15H2,1H3,(H,36,40). The number of amides is 1. The van der Waals surface area contributed by atoms with Gasteiger partial charge in [0.2, 0.25) is 0 Å². The molecule has 41 heavy (non-hydrogen) atoms. The Morgan fingerprint density at radius 2 is 1.88 bits per heavy atom. The maximum absolute atomic E-state index is 13.5. The number of likely N-dealkylation sites (tertiary alicyclic amines) is 1. The molecule has 0 aliphatic carbocycles. The highest BCUT2D eigenvalue weighted by atomic mass is 127. The lowest BCUT2D eigenvalue weighted by atomic mass is 9.99. The molecule has 5 rings (SSSR count). The number of hydrogen-bond donors (Lipinski definition) is 2. The van der Waals surface area contributed by atoms with Gasteiger partial charge in [-0.05, 0) is 89.5 Å². The number of alkyl halides is 3. The zero-order chi connectivity index (χ0) is 29.4. The van der Waals surface area contributed by atoms with Crippen LogP contribution < -0.4 is 5.32 Å². The number of ether oxygens (including phenoxy) is 1. The molecule has 0 spiro atoms. The lowest BCUT2D eigenvalue weighted by molar-refractivity contribution is -0.166. The minimum atomic E-state index is -4.56. The van der Waals surface area contributed by atoms with E-state index in [0.717, 1.165) is 22.2 Å². The zero-order valence-corrected chi connectivity index (χ0v) is 25.4. The molecule has 1 amide bonds. The molecule has 216 valence electrons. The fraction of sp³-hybridized carbons (Fsp3) is 0.321. The highest BCUT2D eigenvalue weighted by Crippen LogP contribution is 2.52. The highest BCUT2D eigenvalue weighted by molar-refractivity contribution is 14.1. The Kier molecular flexibility index (Phi) is 8.70. The van der Waals surface area contributed by atoms with Gasteiger partial charge in [0, 0.05) is 51.4 Å². The van der Waals surface area contributed by atoms with Crippen molar-refractivity contribution in [1.82, 2.24) is 15.2 Å². The largest absolute Gasteiger partial charge is 0.491 e. The molecule has 1 aromatic heterocycles. The SMILES string of the molecule is COC(=CC=Cc1cc2cc(Cl)c(Cl)cc2[nH]1)C(=O)NC1CCN(Cc2cc(I)cc(C3(C(F)(F)F)N=N3)c2)CC1. The molecule has 0 radical (unpaired) electrons. The number of rotatable bonds is 8. The van der Waals surface area contributed by atoms with Crippen LogP contribution in [0.3, 0.4) is 0 Å². The van der Waals surface area contributed by atoms with E-state index in [0.29, 0.717) is 46.1 Å². The highest BCUT2D eigenvalue weighted by Gasteiger charge is 2.65. The third kappa shape index (κ3) is 6.73. The Morgan fingerprint density at radius 1 is 1.17 bits per heavy atom. The lowest BCUT2D eigenvalue weighted by Crippen LogP contribution is -2.44. The molecule has 0 atom stereocenters. The van der Waals surface area contributed by atoms with Crippen LogP contribution in [0, 0.1) is 3.57 Å². The normalized spacial score (nSPS) is 17.9. The number of hydrogen-bond acceptors (Lipinski definition) is 5. The first-order valence-electron chi connectivity index (χ1n) is 12.7. The van der Waals surface area contributed by atoms with E-state index in [4.69, 9.17) is 27.9 Å². The number of carbonyl (C=O) groups excluding carboxylic acids is 1. The Bertz CT molecular complexity index is 1520. The molecule has 0 unspecified atom stereocenters. The molecule has 2 aliphatic heterocycles. The van der Waals surface area contributed by atoms with Gasteiger partial charge < -0.3 is 15.0 Å². The second-order valence-electron chi connectivity index (χ2n) is 9.91. The van der Waals surface area contributed by atoms with Crippen molar-refractivity contribution in [1.29, 1.82) is 0 Å². The summed E-state index contributed by atoms with van der Waals surface area (Å²) in [5.41, 5.74) is 0.0431. The number of piperidine rings is 1. The fourth-order valence-corrected chi connectivity index (χ4v) is 5.92. The molecular weight excluding hydrogens is 693 g/mol. The van der Waals surface area contributed by atoms with Crippen LogP contribution in [0.2, 0.25) is 10.0 Å². The Morgan fingerprint density at radius 3 is 2.54 bits per heavy atom. The van der Waals surface area contributed by atoms with Crippen LogP contribution in [0.4, 0.5) is 13.2 Å². The minimum absolute atomic E-state index is 0.0420. The van der Waals surface area contributed by atoms with E-state index >= 15 is 0 Å². The summed E-state index contributed by atoms with van der Waals surface area (Å²) in [5, 5.41) is 11.5. The first kappa shape index (κ1) is 29.9. The van der Waals surface area contributed by atoms with E-state index in [-0.39, 0.29) is 23.3 Å². The van der Waals surface area contributed by atoms with Gasteiger partial charge in [-0.2, -0.15) is 13.2 Å². The number of aromatic amines is 1. The van der Waals surface area contributed by atoms with E-state index in [1.807, 2.05) is 40.8 Å². The average Bonchev–Trinajstić information content (AvgIpc) is 3.65. The van der Waals surface area contributed by atoms with Gasteiger partial charge in [0.15, 0.2) is 5.76 Å². The number of carbonyl (C=O) groups is 1. The zero-order valence-electron chi connectivity index (χ0n) is 21.7. The van der Waals surface area contributed by atoms with Crippen molar-refractivity contribution in [2.24, 2.45) is 10.2 Å². The summed E-state index contributed by atoms with van der Waals surface area (Å²) >= 11 is 14.2. The van der Waals surface area contributed by atoms with Gasteiger partial charge in [0.05, 0.1) is 17.2 Å². The average molecular weight is 718 g/mol. The van der Waals surface area contributed by atoms with Gasteiger partial charge in [-0.25, -0.2) is 0 Å². The number of methoxy groups -OCH3 is 1. The summed E-state index contributed by atoms with van der Waals surface area (Å²) in [6.07, 6.45) is 1.97. The molecule has 3 aromatic rings. The smallest absolute Gasteiger partial charge is 0.442 e. The molecule has 0 saturated carbocycles. The summed E-state index contributed by atoms with van der Waals surface area (Å²) < 4.78 is 46.5. The number of H-pyrrole nitrogens is 1. The quantitative estimate of drug-likeness (QED) is 0.109. The number of aromatic nitrogens is 1. The van der Waals surface area contributed by atoms with Crippen molar-refractivity contribution < 1.29 is 22.7 Å². The minimum Gasteiger partial charge on any atom is -0.491 e. The predicted molar refractivity (Wildman–Crippen MR) is 161 cm³/mol. The second-order valence-corrected chi connectivity index (χ2v) is 12.0. The molecule has 0 bridgehead atoms. The number of benzene rings is 2. The monoisotopic (exact) mass is 717 g/mol. The first-order chi connectivity index (χ1) is 19.5. The van der Waals surface area contributed by atoms with Crippen LogP contribution in [-0.4, -0.2) is 48.2 Å². The van der Waals surface area contributed by atoms with E-state index in [9.17, 15) is 18.0 Å². The fourth-order valence-electron chi connectivity index (χ4n) is 4.85.